The van der Waals surface area contributed by atoms with Crippen LogP contribution in [0, 0.1) is 0 Å². The molecule has 0 aliphatic carbocycles. The number of anilines is 3. The van der Waals surface area contributed by atoms with Crippen LogP contribution in [0.4, 0.5) is 17.1 Å². The summed E-state index contributed by atoms with van der Waals surface area (Å²) in [6, 6.07) is 16.6. The van der Waals surface area contributed by atoms with Gasteiger partial charge in [0.2, 0.25) is 0 Å². The third kappa shape index (κ3) is 3.70. The van der Waals surface area contributed by atoms with Gasteiger partial charge in [-0.3, -0.25) is 9.59 Å². The molecule has 0 saturated carbocycles. The molecule has 0 unspecified atom stereocenters. The topological polar surface area (TPSA) is 114 Å². The van der Waals surface area contributed by atoms with Crippen LogP contribution in [0.3, 0.4) is 0 Å². The molecule has 3 aromatic rings. The van der Waals surface area contributed by atoms with Crippen LogP contribution in [0.2, 0.25) is 0 Å². The molecule has 1 aliphatic rings. The minimum absolute atomic E-state index is 0.110. The van der Waals surface area contributed by atoms with Crippen LogP contribution in [-0.2, 0) is 17.8 Å². The van der Waals surface area contributed by atoms with Crippen molar-refractivity contribution in [3.8, 4) is 16.9 Å². The Labute approximate surface area is 173 Å². The number of fused-ring (bicyclic) bond motifs is 2. The average molecular weight is 403 g/mol. The lowest BCUT2D eigenvalue weighted by molar-refractivity contribution is -0.136. The van der Waals surface area contributed by atoms with Crippen molar-refractivity contribution in [1.82, 2.24) is 0 Å². The number of rotatable bonds is 5. The van der Waals surface area contributed by atoms with Crippen molar-refractivity contribution in [1.29, 1.82) is 0 Å². The van der Waals surface area contributed by atoms with Crippen LogP contribution in [0.25, 0.3) is 11.1 Å². The normalized spacial score (nSPS) is 12.1. The molecule has 4 rings (SSSR count). The van der Waals surface area contributed by atoms with Gasteiger partial charge in [-0.1, -0.05) is 24.3 Å². The molecule has 3 aromatic carbocycles. The number of aliphatic carboxylic acids is 1. The number of carboxylic acids is 1. The van der Waals surface area contributed by atoms with Crippen molar-refractivity contribution < 1.29 is 19.4 Å². The van der Waals surface area contributed by atoms with Crippen molar-refractivity contribution in [2.75, 3.05) is 17.7 Å². The minimum atomic E-state index is -0.924. The third-order valence-electron chi connectivity index (χ3n) is 5.06. The monoisotopic (exact) mass is 403 g/mol. The van der Waals surface area contributed by atoms with Gasteiger partial charge in [0.15, 0.2) is 0 Å². The van der Waals surface area contributed by atoms with Crippen molar-refractivity contribution >= 4 is 28.9 Å². The Morgan fingerprint density at radius 1 is 0.967 bits per heavy atom. The molecule has 7 heteroatoms. The number of nitrogens with two attached hydrogens (primary N) is 1. The lowest BCUT2D eigenvalue weighted by Gasteiger charge is -2.13. The Balaban J connectivity index is 1.72. The van der Waals surface area contributed by atoms with Gasteiger partial charge < -0.3 is 26.2 Å². The van der Waals surface area contributed by atoms with E-state index in [1.165, 1.54) is 0 Å². The summed E-state index contributed by atoms with van der Waals surface area (Å²) in [5.41, 5.74) is 11.6. The minimum Gasteiger partial charge on any atom is -0.496 e. The summed E-state index contributed by atoms with van der Waals surface area (Å²) in [7, 11) is 1.61. The van der Waals surface area contributed by atoms with Gasteiger partial charge in [0.05, 0.1) is 36.2 Å². The number of hydrogen-bond acceptors (Lipinski definition) is 5. The maximum Gasteiger partial charge on any atom is 0.307 e. The van der Waals surface area contributed by atoms with Crippen LogP contribution in [0.1, 0.15) is 21.5 Å². The molecule has 0 atom stereocenters. The van der Waals surface area contributed by atoms with E-state index in [1.807, 2.05) is 30.3 Å². The SMILES string of the molecule is COc1cc(-c2ccc3c(c2)Nc2ccc(CC(=O)O)cc2NC3=O)ccc1CN. The Bertz CT molecular complexity index is 1160. The van der Waals surface area contributed by atoms with E-state index >= 15 is 0 Å². The number of benzene rings is 3. The molecule has 0 radical (unpaired) electrons. The summed E-state index contributed by atoms with van der Waals surface area (Å²) in [5, 5.41) is 15.2. The smallest absolute Gasteiger partial charge is 0.307 e. The fraction of sp³-hybridized carbons (Fsp3) is 0.130. The molecule has 5 N–H and O–H groups in total. The fourth-order valence-electron chi connectivity index (χ4n) is 3.54. The Morgan fingerprint density at radius 3 is 2.47 bits per heavy atom. The molecule has 1 heterocycles. The first-order chi connectivity index (χ1) is 14.5. The van der Waals surface area contributed by atoms with Gasteiger partial charge in [0, 0.05) is 12.1 Å². The van der Waals surface area contributed by atoms with Gasteiger partial charge in [-0.05, 0) is 47.0 Å². The van der Waals surface area contributed by atoms with Gasteiger partial charge in [-0.2, -0.15) is 0 Å². The van der Waals surface area contributed by atoms with Gasteiger partial charge in [-0.25, -0.2) is 0 Å². The number of ether oxygens (including phenoxy) is 1. The Morgan fingerprint density at radius 2 is 1.73 bits per heavy atom. The first-order valence-corrected chi connectivity index (χ1v) is 9.43. The zero-order chi connectivity index (χ0) is 21.3. The fourth-order valence-corrected chi connectivity index (χ4v) is 3.54. The first kappa shape index (κ1) is 19.5. The summed E-state index contributed by atoms with van der Waals surface area (Å²) < 4.78 is 5.43. The highest BCUT2D eigenvalue weighted by Gasteiger charge is 2.20. The molecular weight excluding hydrogens is 382 g/mol. The number of carboxylic acid groups (broad SMARTS) is 1. The first-order valence-electron chi connectivity index (χ1n) is 9.43. The molecule has 0 spiro atoms. The standard InChI is InChI=1S/C23H21N3O4/c1-30-21-11-15(3-4-16(21)12-24)14-5-6-17-19(10-14)25-18-7-2-13(9-22(27)28)8-20(18)26-23(17)29/h2-8,10-11,25H,9,12,24H2,1H3,(H,26,29)(H,27,28). The van der Waals surface area contributed by atoms with Gasteiger partial charge >= 0.3 is 5.97 Å². The van der Waals surface area contributed by atoms with E-state index in [4.69, 9.17) is 15.6 Å². The molecule has 0 aromatic heterocycles. The van der Waals surface area contributed by atoms with E-state index in [1.54, 1.807) is 31.4 Å². The van der Waals surface area contributed by atoms with Crippen LogP contribution in [-0.4, -0.2) is 24.1 Å². The van der Waals surface area contributed by atoms with E-state index < -0.39 is 5.97 Å². The summed E-state index contributed by atoms with van der Waals surface area (Å²) >= 11 is 0. The van der Waals surface area contributed by atoms with E-state index in [0.717, 1.165) is 16.7 Å². The largest absolute Gasteiger partial charge is 0.496 e. The van der Waals surface area contributed by atoms with Crippen LogP contribution in [0.15, 0.2) is 54.6 Å². The summed E-state index contributed by atoms with van der Waals surface area (Å²) in [4.78, 5) is 23.7. The predicted molar refractivity (Wildman–Crippen MR) is 115 cm³/mol. The second-order valence-electron chi connectivity index (χ2n) is 7.02. The number of nitrogens with one attached hydrogen (secondary N) is 2. The molecule has 30 heavy (non-hydrogen) atoms. The molecule has 1 amide bonds. The van der Waals surface area contributed by atoms with E-state index in [2.05, 4.69) is 10.6 Å². The highest BCUT2D eigenvalue weighted by Crippen LogP contribution is 2.36. The van der Waals surface area contributed by atoms with Crippen LogP contribution >= 0.6 is 0 Å². The van der Waals surface area contributed by atoms with Gasteiger partial charge in [-0.15, -0.1) is 0 Å². The van der Waals surface area contributed by atoms with E-state index in [9.17, 15) is 9.59 Å². The van der Waals surface area contributed by atoms with Crippen molar-refractivity contribution in [3.63, 3.8) is 0 Å². The molecule has 0 bridgehead atoms. The number of hydrogen-bond donors (Lipinski definition) is 4. The lowest BCUT2D eigenvalue weighted by atomic mass is 10.00. The van der Waals surface area contributed by atoms with Crippen molar-refractivity contribution in [2.45, 2.75) is 13.0 Å². The quantitative estimate of drug-likeness (QED) is 0.516. The molecule has 1 aliphatic heterocycles. The molecule has 0 saturated heterocycles. The number of carbonyl (C=O) groups is 2. The Hall–Kier alpha value is -3.84. The molecular formula is C23H21N3O4. The lowest BCUT2D eigenvalue weighted by Crippen LogP contribution is -2.11. The second kappa shape index (κ2) is 7.88. The molecule has 7 nitrogen and oxygen atoms in total. The summed E-state index contributed by atoms with van der Waals surface area (Å²) in [6.45, 7) is 0.385. The van der Waals surface area contributed by atoms with Crippen molar-refractivity contribution in [2.24, 2.45) is 5.73 Å². The van der Waals surface area contributed by atoms with Crippen LogP contribution in [0.5, 0.6) is 5.75 Å². The highest BCUT2D eigenvalue weighted by atomic mass is 16.5. The summed E-state index contributed by atoms with van der Waals surface area (Å²) in [5.74, 6) is -0.467. The molecule has 152 valence electrons. The Kier molecular flexibility index (Phi) is 5.12. The van der Waals surface area contributed by atoms with E-state index in [0.29, 0.717) is 40.5 Å². The third-order valence-corrected chi connectivity index (χ3v) is 5.06. The van der Waals surface area contributed by atoms with Crippen molar-refractivity contribution in [3.05, 3.63) is 71.3 Å². The maximum atomic E-state index is 12.7. The average Bonchev–Trinajstić information content (AvgIpc) is 2.87. The van der Waals surface area contributed by atoms with E-state index in [-0.39, 0.29) is 12.3 Å². The van der Waals surface area contributed by atoms with Gasteiger partial charge in [0.25, 0.3) is 5.91 Å². The van der Waals surface area contributed by atoms with Crippen LogP contribution < -0.4 is 21.1 Å². The second-order valence-corrected chi connectivity index (χ2v) is 7.02. The highest BCUT2D eigenvalue weighted by molar-refractivity contribution is 6.12. The zero-order valence-electron chi connectivity index (χ0n) is 16.4. The number of amides is 1. The van der Waals surface area contributed by atoms with Gasteiger partial charge in [0.1, 0.15) is 5.75 Å². The summed E-state index contributed by atoms with van der Waals surface area (Å²) in [6.07, 6.45) is -0.110. The zero-order valence-corrected chi connectivity index (χ0v) is 16.4. The number of carbonyl (C=O) groups excluding carboxylic acids is 1. The number of methoxy groups -OCH3 is 1. The maximum absolute atomic E-state index is 12.7. The molecule has 0 fully saturated rings. The predicted octanol–water partition coefficient (Wildman–Crippen LogP) is 3.76.